The highest BCUT2D eigenvalue weighted by atomic mass is 16.2. The van der Waals surface area contributed by atoms with Crippen molar-refractivity contribution in [3.63, 3.8) is 0 Å². The Morgan fingerprint density at radius 3 is 2.90 bits per heavy atom. The molecule has 1 aromatic carbocycles. The number of anilines is 2. The van der Waals surface area contributed by atoms with Crippen molar-refractivity contribution in [2.45, 2.75) is 26.4 Å². The standard InChI is InChI=1S/C22H21N7O2/c1-2-28-20(30)17-13-25-22(26-16-7-6-14-8-10-23-12-15(14)11-16)27-19(17)29(28)21(31)18-5-3-4-9-24-18/h3-7,9,11,13,23H,2,8,10,12H2,1H3,(H,25,26,27). The number of nitrogens with zero attached hydrogens (tertiary/aromatic N) is 5. The summed E-state index contributed by atoms with van der Waals surface area (Å²) in [6.45, 7) is 3.92. The Kier molecular flexibility index (Phi) is 4.79. The molecule has 0 amide bonds. The minimum Gasteiger partial charge on any atom is -0.324 e. The summed E-state index contributed by atoms with van der Waals surface area (Å²) in [5.74, 6) is -0.105. The van der Waals surface area contributed by atoms with Crippen LogP contribution in [0.4, 0.5) is 11.6 Å². The lowest BCUT2D eigenvalue weighted by Crippen LogP contribution is -2.27. The highest BCUT2D eigenvalue weighted by molar-refractivity contribution is 5.98. The van der Waals surface area contributed by atoms with E-state index in [0.717, 1.165) is 25.2 Å². The maximum atomic E-state index is 13.1. The van der Waals surface area contributed by atoms with Gasteiger partial charge in [0.1, 0.15) is 11.1 Å². The van der Waals surface area contributed by atoms with Crippen molar-refractivity contribution in [1.82, 2.24) is 29.6 Å². The number of aromatic nitrogens is 5. The van der Waals surface area contributed by atoms with Gasteiger partial charge >= 0.3 is 0 Å². The molecule has 2 N–H and O–H groups in total. The van der Waals surface area contributed by atoms with Crippen LogP contribution in [0.1, 0.15) is 28.5 Å². The molecule has 1 aliphatic heterocycles. The SMILES string of the molecule is CCn1c(=O)c2cnc(Nc3ccc4c(c3)CNCC4)nc2n1C(=O)c1ccccn1. The quantitative estimate of drug-likeness (QED) is 0.526. The predicted molar refractivity (Wildman–Crippen MR) is 117 cm³/mol. The number of carbonyl (C=O) groups excluding carboxylic acids is 1. The Balaban J connectivity index is 1.57. The van der Waals surface area contributed by atoms with Gasteiger partial charge in [-0.1, -0.05) is 12.1 Å². The second-order valence-electron chi connectivity index (χ2n) is 7.32. The second-order valence-corrected chi connectivity index (χ2v) is 7.32. The summed E-state index contributed by atoms with van der Waals surface area (Å²) in [4.78, 5) is 38.9. The number of hydrogen-bond donors (Lipinski definition) is 2. The van der Waals surface area contributed by atoms with Gasteiger partial charge in [0.05, 0.1) is 0 Å². The van der Waals surface area contributed by atoms with Crippen LogP contribution in [0.25, 0.3) is 11.0 Å². The number of carbonyl (C=O) groups is 1. The first kappa shape index (κ1) is 19.1. The van der Waals surface area contributed by atoms with E-state index in [2.05, 4.69) is 37.7 Å². The van der Waals surface area contributed by atoms with Crippen LogP contribution in [0, 0.1) is 0 Å². The average molecular weight is 415 g/mol. The molecule has 1 aliphatic rings. The van der Waals surface area contributed by atoms with Crippen LogP contribution in [0.5, 0.6) is 0 Å². The lowest BCUT2D eigenvalue weighted by atomic mass is 10.0. The third-order valence-electron chi connectivity index (χ3n) is 5.40. The Bertz CT molecular complexity index is 1340. The molecule has 0 saturated carbocycles. The fourth-order valence-electron chi connectivity index (χ4n) is 3.87. The van der Waals surface area contributed by atoms with Gasteiger partial charge in [0, 0.05) is 31.2 Å². The van der Waals surface area contributed by atoms with Crippen molar-refractivity contribution in [3.8, 4) is 0 Å². The lowest BCUT2D eigenvalue weighted by Gasteiger charge is -2.18. The van der Waals surface area contributed by atoms with E-state index in [-0.39, 0.29) is 22.3 Å². The highest BCUT2D eigenvalue weighted by Crippen LogP contribution is 2.22. The third kappa shape index (κ3) is 3.38. The molecule has 0 unspecified atom stereocenters. The molecule has 0 bridgehead atoms. The van der Waals surface area contributed by atoms with Crippen molar-refractivity contribution in [3.05, 3.63) is 76.0 Å². The number of pyridine rings is 1. The second kappa shape index (κ2) is 7.77. The summed E-state index contributed by atoms with van der Waals surface area (Å²) in [6, 6.07) is 11.2. The van der Waals surface area contributed by atoms with Crippen molar-refractivity contribution in [2.75, 3.05) is 11.9 Å². The van der Waals surface area contributed by atoms with E-state index in [9.17, 15) is 9.59 Å². The molecule has 31 heavy (non-hydrogen) atoms. The van der Waals surface area contributed by atoms with E-state index < -0.39 is 5.91 Å². The number of rotatable bonds is 4. The summed E-state index contributed by atoms with van der Waals surface area (Å²) in [7, 11) is 0. The minimum absolute atomic E-state index is 0.233. The van der Waals surface area contributed by atoms with Gasteiger partial charge in [-0.2, -0.15) is 9.67 Å². The fraction of sp³-hybridized carbons (Fsp3) is 0.227. The molecule has 0 aliphatic carbocycles. The topological polar surface area (TPSA) is 107 Å². The zero-order valence-electron chi connectivity index (χ0n) is 17.0. The molecule has 0 fully saturated rings. The van der Waals surface area contributed by atoms with Gasteiger partial charge in [0.25, 0.3) is 11.5 Å². The van der Waals surface area contributed by atoms with E-state index in [4.69, 9.17) is 0 Å². The number of benzene rings is 1. The van der Waals surface area contributed by atoms with Crippen LogP contribution in [-0.4, -0.2) is 36.8 Å². The van der Waals surface area contributed by atoms with Gasteiger partial charge in [-0.05, 0) is 55.3 Å². The maximum absolute atomic E-state index is 13.1. The lowest BCUT2D eigenvalue weighted by molar-refractivity contribution is 0.0927. The van der Waals surface area contributed by atoms with Gasteiger partial charge in [-0.25, -0.2) is 9.67 Å². The number of hydrogen-bond acceptors (Lipinski definition) is 7. The molecular formula is C22H21N7O2. The first-order chi connectivity index (χ1) is 15.2. The Hall–Kier alpha value is -3.85. The van der Waals surface area contributed by atoms with Crippen molar-refractivity contribution >= 4 is 28.6 Å². The summed E-state index contributed by atoms with van der Waals surface area (Å²) < 4.78 is 2.63. The van der Waals surface area contributed by atoms with Crippen LogP contribution in [0.2, 0.25) is 0 Å². The van der Waals surface area contributed by atoms with E-state index in [0.29, 0.717) is 12.5 Å². The minimum atomic E-state index is -0.418. The highest BCUT2D eigenvalue weighted by Gasteiger charge is 2.22. The van der Waals surface area contributed by atoms with Gasteiger partial charge in [-0.15, -0.1) is 0 Å². The van der Waals surface area contributed by atoms with Gasteiger partial charge < -0.3 is 10.6 Å². The van der Waals surface area contributed by atoms with Gasteiger partial charge in [0.15, 0.2) is 5.65 Å². The summed E-state index contributed by atoms with van der Waals surface area (Å²) in [5.41, 5.74) is 3.58. The molecular weight excluding hydrogens is 394 g/mol. The van der Waals surface area contributed by atoms with Crippen LogP contribution >= 0.6 is 0 Å². The first-order valence-corrected chi connectivity index (χ1v) is 10.2. The van der Waals surface area contributed by atoms with Gasteiger partial charge in [-0.3, -0.25) is 14.6 Å². The van der Waals surface area contributed by atoms with Crippen LogP contribution in [0.15, 0.2) is 53.6 Å². The molecule has 0 radical (unpaired) electrons. The third-order valence-corrected chi connectivity index (χ3v) is 5.40. The molecule has 4 heterocycles. The zero-order valence-corrected chi connectivity index (χ0v) is 17.0. The van der Waals surface area contributed by atoms with E-state index >= 15 is 0 Å². The van der Waals surface area contributed by atoms with E-state index in [1.54, 1.807) is 31.3 Å². The largest absolute Gasteiger partial charge is 0.324 e. The Morgan fingerprint density at radius 2 is 2.10 bits per heavy atom. The maximum Gasteiger partial charge on any atom is 0.297 e. The first-order valence-electron chi connectivity index (χ1n) is 10.2. The summed E-state index contributed by atoms with van der Waals surface area (Å²) in [5, 5.41) is 6.84. The molecule has 4 aromatic rings. The monoisotopic (exact) mass is 415 g/mol. The van der Waals surface area contributed by atoms with Crippen LogP contribution < -0.4 is 16.2 Å². The molecule has 156 valence electrons. The number of fused-ring (bicyclic) bond motifs is 2. The summed E-state index contributed by atoms with van der Waals surface area (Å²) >= 11 is 0. The van der Waals surface area contributed by atoms with Crippen molar-refractivity contribution in [1.29, 1.82) is 0 Å². The summed E-state index contributed by atoms with van der Waals surface area (Å²) in [6.07, 6.45) is 4.01. The molecule has 0 spiro atoms. The number of nitrogens with one attached hydrogen (secondary N) is 2. The fourth-order valence-corrected chi connectivity index (χ4v) is 3.87. The molecule has 0 saturated heterocycles. The molecule has 3 aromatic heterocycles. The molecule has 0 atom stereocenters. The molecule has 9 heteroatoms. The van der Waals surface area contributed by atoms with E-state index in [1.807, 2.05) is 6.07 Å². The zero-order chi connectivity index (χ0) is 21.4. The van der Waals surface area contributed by atoms with Crippen molar-refractivity contribution in [2.24, 2.45) is 0 Å². The Labute approximate surface area is 177 Å². The smallest absolute Gasteiger partial charge is 0.297 e. The predicted octanol–water partition coefficient (Wildman–Crippen LogP) is 2.09. The van der Waals surface area contributed by atoms with Crippen LogP contribution in [-0.2, 0) is 19.5 Å². The van der Waals surface area contributed by atoms with Crippen LogP contribution in [0.3, 0.4) is 0 Å². The average Bonchev–Trinajstić information content (AvgIpc) is 3.10. The normalized spacial score (nSPS) is 13.2. The Morgan fingerprint density at radius 1 is 1.19 bits per heavy atom. The van der Waals surface area contributed by atoms with E-state index in [1.165, 1.54) is 26.7 Å². The molecule has 9 nitrogen and oxygen atoms in total. The van der Waals surface area contributed by atoms with Gasteiger partial charge in [0.2, 0.25) is 5.95 Å². The molecule has 5 rings (SSSR count). The van der Waals surface area contributed by atoms with Crippen molar-refractivity contribution < 1.29 is 4.79 Å².